The summed E-state index contributed by atoms with van der Waals surface area (Å²) in [4.78, 5) is 37.1. The van der Waals surface area contributed by atoms with E-state index in [0.29, 0.717) is 22.6 Å². The zero-order chi connectivity index (χ0) is 21.7. The lowest BCUT2D eigenvalue weighted by molar-refractivity contribution is -0.119. The zero-order valence-electron chi connectivity index (χ0n) is 16.9. The van der Waals surface area contributed by atoms with E-state index >= 15 is 0 Å². The maximum atomic E-state index is 12.5. The minimum Gasteiger partial charge on any atom is -0.452 e. The fourth-order valence-corrected chi connectivity index (χ4v) is 2.89. The van der Waals surface area contributed by atoms with Gasteiger partial charge >= 0.3 is 5.97 Å². The zero-order valence-corrected chi connectivity index (χ0v) is 16.9. The van der Waals surface area contributed by atoms with Gasteiger partial charge < -0.3 is 15.4 Å². The number of hydrogen-bond acceptors (Lipinski definition) is 5. The Morgan fingerprint density at radius 1 is 0.967 bits per heavy atom. The average molecular weight is 406 g/mol. The van der Waals surface area contributed by atoms with Crippen LogP contribution in [-0.4, -0.2) is 34.2 Å². The second kappa shape index (κ2) is 9.04. The first-order chi connectivity index (χ1) is 14.4. The molecule has 0 atom stereocenters. The first-order valence-electron chi connectivity index (χ1n) is 9.29. The molecule has 3 rings (SSSR count). The van der Waals surface area contributed by atoms with Crippen molar-refractivity contribution in [1.82, 2.24) is 9.78 Å². The maximum Gasteiger partial charge on any atom is 0.340 e. The van der Waals surface area contributed by atoms with Crippen LogP contribution >= 0.6 is 0 Å². The Hall–Kier alpha value is -3.94. The number of carbonyl (C=O) groups is 3. The molecule has 0 saturated carbocycles. The van der Waals surface area contributed by atoms with E-state index in [1.54, 1.807) is 61.1 Å². The highest BCUT2D eigenvalue weighted by Crippen LogP contribution is 2.19. The normalized spacial score (nSPS) is 10.4. The van der Waals surface area contributed by atoms with E-state index in [0.717, 1.165) is 5.69 Å². The van der Waals surface area contributed by atoms with Crippen molar-refractivity contribution in [3.05, 3.63) is 77.1 Å². The van der Waals surface area contributed by atoms with Crippen LogP contribution in [-0.2, 0) is 16.6 Å². The molecule has 3 aromatic rings. The topological polar surface area (TPSA) is 102 Å². The number of aryl methyl sites for hydroxylation is 2. The molecule has 2 aromatic carbocycles. The number of carbonyl (C=O) groups excluding carboxylic acids is 3. The Labute approximate surface area is 173 Å². The molecule has 8 heteroatoms. The van der Waals surface area contributed by atoms with Crippen LogP contribution in [0.5, 0.6) is 0 Å². The standard InChI is InChI=1S/C22H22N4O4/c1-14-20(15(2)26(3)25-14)24-19(27)13-30-22(29)17-11-7-8-12-18(17)23-21(28)16-9-5-4-6-10-16/h4-12H,13H2,1-3H3,(H,23,28)(H,24,27). The fourth-order valence-electron chi connectivity index (χ4n) is 2.89. The number of nitrogens with zero attached hydrogens (tertiary/aromatic N) is 2. The Morgan fingerprint density at radius 3 is 2.30 bits per heavy atom. The van der Waals surface area contributed by atoms with Gasteiger partial charge in [-0.3, -0.25) is 14.3 Å². The molecule has 8 nitrogen and oxygen atoms in total. The molecule has 0 saturated heterocycles. The number of benzene rings is 2. The van der Waals surface area contributed by atoms with E-state index in [1.807, 2.05) is 13.0 Å². The number of esters is 1. The number of rotatable bonds is 6. The maximum absolute atomic E-state index is 12.5. The second-order valence-electron chi connectivity index (χ2n) is 6.66. The van der Waals surface area contributed by atoms with Crippen molar-refractivity contribution < 1.29 is 19.1 Å². The molecule has 0 unspecified atom stereocenters. The SMILES string of the molecule is Cc1nn(C)c(C)c1NC(=O)COC(=O)c1ccccc1NC(=O)c1ccccc1. The van der Waals surface area contributed by atoms with Gasteiger partial charge in [0.05, 0.1) is 28.3 Å². The summed E-state index contributed by atoms with van der Waals surface area (Å²) in [6.07, 6.45) is 0. The van der Waals surface area contributed by atoms with Gasteiger partial charge in [-0.25, -0.2) is 4.79 Å². The van der Waals surface area contributed by atoms with Crippen molar-refractivity contribution in [1.29, 1.82) is 0 Å². The number of para-hydroxylation sites is 1. The summed E-state index contributed by atoms with van der Waals surface area (Å²) >= 11 is 0. The molecule has 0 bridgehead atoms. The summed E-state index contributed by atoms with van der Waals surface area (Å²) in [7, 11) is 1.78. The fraction of sp³-hybridized carbons (Fsp3) is 0.182. The lowest BCUT2D eigenvalue weighted by atomic mass is 10.1. The minimum absolute atomic E-state index is 0.156. The van der Waals surface area contributed by atoms with Crippen molar-refractivity contribution in [2.45, 2.75) is 13.8 Å². The Kier molecular flexibility index (Phi) is 6.26. The van der Waals surface area contributed by atoms with Gasteiger partial charge in [0.15, 0.2) is 6.61 Å². The number of ether oxygens (including phenoxy) is 1. The van der Waals surface area contributed by atoms with Crippen molar-refractivity contribution >= 4 is 29.2 Å². The van der Waals surface area contributed by atoms with E-state index in [-0.39, 0.29) is 11.5 Å². The van der Waals surface area contributed by atoms with Crippen molar-refractivity contribution in [3.8, 4) is 0 Å². The van der Waals surface area contributed by atoms with E-state index in [4.69, 9.17) is 4.74 Å². The molecule has 154 valence electrons. The van der Waals surface area contributed by atoms with Gasteiger partial charge in [0, 0.05) is 12.6 Å². The predicted molar refractivity (Wildman–Crippen MR) is 112 cm³/mol. The van der Waals surface area contributed by atoms with Crippen molar-refractivity contribution in [2.24, 2.45) is 7.05 Å². The quantitative estimate of drug-likeness (QED) is 0.613. The molecule has 0 aliphatic rings. The molecule has 2 amide bonds. The molecule has 0 aliphatic carbocycles. The van der Waals surface area contributed by atoms with Crippen LogP contribution in [0.1, 0.15) is 32.1 Å². The summed E-state index contributed by atoms with van der Waals surface area (Å²) < 4.78 is 6.80. The Morgan fingerprint density at radius 2 is 1.63 bits per heavy atom. The van der Waals surface area contributed by atoms with Gasteiger partial charge in [0.1, 0.15) is 0 Å². The third-order valence-electron chi connectivity index (χ3n) is 4.54. The summed E-state index contributed by atoms with van der Waals surface area (Å²) in [6, 6.07) is 15.1. The van der Waals surface area contributed by atoms with Crippen LogP contribution < -0.4 is 10.6 Å². The van der Waals surface area contributed by atoms with E-state index in [2.05, 4.69) is 15.7 Å². The van der Waals surface area contributed by atoms with Crippen LogP contribution in [0.4, 0.5) is 11.4 Å². The molecule has 0 radical (unpaired) electrons. The number of anilines is 2. The van der Waals surface area contributed by atoms with Crippen LogP contribution in [0, 0.1) is 13.8 Å². The number of hydrogen-bond donors (Lipinski definition) is 2. The molecular formula is C22H22N4O4. The monoisotopic (exact) mass is 406 g/mol. The Bertz CT molecular complexity index is 1090. The lowest BCUT2D eigenvalue weighted by Gasteiger charge is -2.11. The van der Waals surface area contributed by atoms with E-state index in [9.17, 15) is 14.4 Å². The number of nitrogens with one attached hydrogen (secondary N) is 2. The summed E-state index contributed by atoms with van der Waals surface area (Å²) in [5.41, 5.74) is 2.97. The van der Waals surface area contributed by atoms with Crippen LogP contribution in [0.15, 0.2) is 54.6 Å². The summed E-state index contributed by atoms with van der Waals surface area (Å²) in [6.45, 7) is 3.14. The molecule has 0 aliphatic heterocycles. The van der Waals surface area contributed by atoms with Gasteiger partial charge in [0.25, 0.3) is 11.8 Å². The van der Waals surface area contributed by atoms with Gasteiger partial charge in [-0.1, -0.05) is 30.3 Å². The minimum atomic E-state index is -0.714. The van der Waals surface area contributed by atoms with Gasteiger partial charge in [-0.2, -0.15) is 5.10 Å². The predicted octanol–water partition coefficient (Wildman–Crippen LogP) is 3.08. The third-order valence-corrected chi connectivity index (χ3v) is 4.54. The lowest BCUT2D eigenvalue weighted by Crippen LogP contribution is -2.22. The largest absolute Gasteiger partial charge is 0.452 e. The molecule has 0 fully saturated rings. The van der Waals surface area contributed by atoms with Gasteiger partial charge in [-0.15, -0.1) is 0 Å². The van der Waals surface area contributed by atoms with Crippen LogP contribution in [0.25, 0.3) is 0 Å². The highest BCUT2D eigenvalue weighted by Gasteiger charge is 2.18. The average Bonchev–Trinajstić information content (AvgIpc) is 2.99. The van der Waals surface area contributed by atoms with Gasteiger partial charge in [-0.05, 0) is 38.1 Å². The van der Waals surface area contributed by atoms with Gasteiger partial charge in [0.2, 0.25) is 0 Å². The molecule has 0 spiro atoms. The van der Waals surface area contributed by atoms with E-state index < -0.39 is 18.5 Å². The first-order valence-corrected chi connectivity index (χ1v) is 9.29. The number of aromatic nitrogens is 2. The Balaban J connectivity index is 1.64. The van der Waals surface area contributed by atoms with Crippen molar-refractivity contribution in [3.63, 3.8) is 0 Å². The highest BCUT2D eigenvalue weighted by atomic mass is 16.5. The van der Waals surface area contributed by atoms with Crippen LogP contribution in [0.3, 0.4) is 0 Å². The molecule has 2 N–H and O–H groups in total. The molecule has 1 aromatic heterocycles. The second-order valence-corrected chi connectivity index (χ2v) is 6.66. The summed E-state index contributed by atoms with van der Waals surface area (Å²) in [5, 5.41) is 9.63. The number of amides is 2. The van der Waals surface area contributed by atoms with Crippen LogP contribution in [0.2, 0.25) is 0 Å². The smallest absolute Gasteiger partial charge is 0.340 e. The molecule has 1 heterocycles. The summed E-state index contributed by atoms with van der Waals surface area (Å²) in [5.74, 6) is -1.54. The van der Waals surface area contributed by atoms with Crippen molar-refractivity contribution in [2.75, 3.05) is 17.2 Å². The third kappa shape index (κ3) is 4.72. The molecule has 30 heavy (non-hydrogen) atoms. The molecular weight excluding hydrogens is 384 g/mol. The highest BCUT2D eigenvalue weighted by molar-refractivity contribution is 6.08. The first kappa shape index (κ1) is 20.8. The van der Waals surface area contributed by atoms with E-state index in [1.165, 1.54) is 6.07 Å².